The third kappa shape index (κ3) is 3.80. The normalized spacial score (nSPS) is 20.7. The molecule has 7 nitrogen and oxygen atoms in total. The smallest absolute Gasteiger partial charge is 0.407 e. The van der Waals surface area contributed by atoms with E-state index >= 15 is 0 Å². The molecule has 1 saturated heterocycles. The Morgan fingerprint density at radius 3 is 2.91 bits per heavy atom. The summed E-state index contributed by atoms with van der Waals surface area (Å²) < 4.78 is 5.39. The highest BCUT2D eigenvalue weighted by atomic mass is 16.8. The maximum atomic E-state index is 12.2. The van der Waals surface area contributed by atoms with E-state index in [2.05, 4.69) is 5.48 Å². The zero-order chi connectivity index (χ0) is 16.2. The molecule has 0 spiro atoms. The fraction of sp³-hybridized carbons (Fsp3) is 0.500. The minimum atomic E-state index is -0.941. The lowest BCUT2D eigenvalue weighted by molar-refractivity contribution is -0.186. The van der Waals surface area contributed by atoms with E-state index in [0.717, 1.165) is 30.4 Å². The Labute approximate surface area is 134 Å². The van der Waals surface area contributed by atoms with Crippen LogP contribution in [0.5, 0.6) is 0 Å². The molecule has 7 heteroatoms. The number of hydroxylamine groups is 1. The number of hydrogen-bond acceptors (Lipinski definition) is 4. The molecule has 1 fully saturated rings. The maximum Gasteiger partial charge on any atom is 0.407 e. The summed E-state index contributed by atoms with van der Waals surface area (Å²) in [4.78, 5) is 29.9. The SMILES string of the molecule is O=C(NOC1CCCCO1)c1ccc2c(c1)CN(C(=O)O)CC2. The standard InChI is InChI=1S/C16H20N2O5/c19-15(17-23-14-3-1-2-8-22-14)12-5-4-11-6-7-18(16(20)21)10-13(11)9-12/h4-5,9,14H,1-3,6-8,10H2,(H,17,19)(H,20,21). The Kier molecular flexibility index (Phi) is 4.78. The van der Waals surface area contributed by atoms with Gasteiger partial charge in [0.05, 0.1) is 0 Å². The lowest BCUT2D eigenvalue weighted by atomic mass is 9.97. The third-order valence-corrected chi connectivity index (χ3v) is 4.17. The first-order valence-electron chi connectivity index (χ1n) is 7.81. The van der Waals surface area contributed by atoms with Crippen LogP contribution in [0.2, 0.25) is 0 Å². The summed E-state index contributed by atoms with van der Waals surface area (Å²) in [6.45, 7) is 1.43. The number of ether oxygens (including phenoxy) is 1. The molecule has 0 aromatic heterocycles. The van der Waals surface area contributed by atoms with Crippen LogP contribution in [0.3, 0.4) is 0 Å². The summed E-state index contributed by atoms with van der Waals surface area (Å²) in [5.74, 6) is -0.352. The van der Waals surface area contributed by atoms with E-state index < -0.39 is 12.4 Å². The number of carbonyl (C=O) groups excluding carboxylic acids is 1. The molecule has 2 heterocycles. The quantitative estimate of drug-likeness (QED) is 0.831. The van der Waals surface area contributed by atoms with Gasteiger partial charge >= 0.3 is 6.09 Å². The monoisotopic (exact) mass is 320 g/mol. The molecule has 124 valence electrons. The van der Waals surface area contributed by atoms with Crippen molar-refractivity contribution < 1.29 is 24.3 Å². The first kappa shape index (κ1) is 15.8. The van der Waals surface area contributed by atoms with Crippen LogP contribution in [0.4, 0.5) is 4.79 Å². The molecule has 1 atom stereocenters. The fourth-order valence-corrected chi connectivity index (χ4v) is 2.84. The average Bonchev–Trinajstić information content (AvgIpc) is 2.59. The highest BCUT2D eigenvalue weighted by Crippen LogP contribution is 2.21. The van der Waals surface area contributed by atoms with Gasteiger partial charge in [-0.3, -0.25) is 4.79 Å². The lowest BCUT2D eigenvalue weighted by Gasteiger charge is -2.26. The summed E-state index contributed by atoms with van der Waals surface area (Å²) in [5, 5.41) is 9.08. The van der Waals surface area contributed by atoms with Gasteiger partial charge in [-0.1, -0.05) is 6.07 Å². The number of carboxylic acid groups (broad SMARTS) is 1. The van der Waals surface area contributed by atoms with E-state index in [0.29, 0.717) is 31.7 Å². The molecule has 2 N–H and O–H groups in total. The van der Waals surface area contributed by atoms with Gasteiger partial charge in [0.2, 0.25) is 0 Å². The van der Waals surface area contributed by atoms with Gasteiger partial charge < -0.3 is 14.7 Å². The minimum Gasteiger partial charge on any atom is -0.465 e. The van der Waals surface area contributed by atoms with Crippen molar-refractivity contribution in [2.45, 2.75) is 38.5 Å². The molecule has 2 aliphatic rings. The van der Waals surface area contributed by atoms with Gasteiger partial charge in [-0.2, -0.15) is 0 Å². The van der Waals surface area contributed by atoms with Crippen LogP contribution < -0.4 is 5.48 Å². The molecule has 0 bridgehead atoms. The number of nitrogens with zero attached hydrogens (tertiary/aromatic N) is 1. The fourth-order valence-electron chi connectivity index (χ4n) is 2.84. The van der Waals surface area contributed by atoms with Crippen LogP contribution in [0.15, 0.2) is 18.2 Å². The number of hydrogen-bond donors (Lipinski definition) is 2. The Hall–Kier alpha value is -2.12. The van der Waals surface area contributed by atoms with Crippen LogP contribution in [-0.4, -0.2) is 41.4 Å². The molecule has 2 aliphatic heterocycles. The van der Waals surface area contributed by atoms with Crippen LogP contribution in [-0.2, 0) is 22.5 Å². The lowest BCUT2D eigenvalue weighted by Crippen LogP contribution is -2.35. The zero-order valence-electron chi connectivity index (χ0n) is 12.8. The van der Waals surface area contributed by atoms with Crippen LogP contribution in [0.1, 0.15) is 40.7 Å². The zero-order valence-corrected chi connectivity index (χ0v) is 12.8. The van der Waals surface area contributed by atoms with Gasteiger partial charge in [-0.15, -0.1) is 0 Å². The number of nitrogens with one attached hydrogen (secondary N) is 1. The number of fused-ring (bicyclic) bond motifs is 1. The summed E-state index contributed by atoms with van der Waals surface area (Å²) >= 11 is 0. The molecular formula is C16H20N2O5. The van der Waals surface area contributed by atoms with Gasteiger partial charge in [0.1, 0.15) is 0 Å². The second kappa shape index (κ2) is 6.97. The van der Waals surface area contributed by atoms with Gasteiger partial charge in [0, 0.05) is 31.7 Å². The van der Waals surface area contributed by atoms with E-state index in [1.807, 2.05) is 6.07 Å². The average molecular weight is 320 g/mol. The Morgan fingerprint density at radius 2 is 2.17 bits per heavy atom. The van der Waals surface area contributed by atoms with Gasteiger partial charge in [-0.25, -0.2) is 15.1 Å². The highest BCUT2D eigenvalue weighted by molar-refractivity contribution is 5.93. The van der Waals surface area contributed by atoms with Crippen LogP contribution in [0.25, 0.3) is 0 Å². The van der Waals surface area contributed by atoms with E-state index in [9.17, 15) is 9.59 Å². The maximum absolute atomic E-state index is 12.2. The first-order chi connectivity index (χ1) is 11.1. The van der Waals surface area contributed by atoms with E-state index in [1.54, 1.807) is 12.1 Å². The molecule has 1 aromatic carbocycles. The van der Waals surface area contributed by atoms with Crippen LogP contribution in [0, 0.1) is 0 Å². The second-order valence-electron chi connectivity index (χ2n) is 5.78. The van der Waals surface area contributed by atoms with E-state index in [1.165, 1.54) is 4.90 Å². The third-order valence-electron chi connectivity index (χ3n) is 4.17. The van der Waals surface area contributed by atoms with Crippen molar-refractivity contribution in [2.75, 3.05) is 13.2 Å². The van der Waals surface area contributed by atoms with E-state index in [4.69, 9.17) is 14.7 Å². The van der Waals surface area contributed by atoms with Crippen LogP contribution >= 0.6 is 0 Å². The van der Waals surface area contributed by atoms with Crippen molar-refractivity contribution in [3.8, 4) is 0 Å². The number of carbonyl (C=O) groups is 2. The summed E-state index contributed by atoms with van der Waals surface area (Å²) in [6.07, 6.45) is 2.12. The summed E-state index contributed by atoms with van der Waals surface area (Å²) in [6, 6.07) is 5.33. The molecular weight excluding hydrogens is 300 g/mol. The Balaban J connectivity index is 1.62. The van der Waals surface area contributed by atoms with Crippen molar-refractivity contribution in [3.05, 3.63) is 34.9 Å². The second-order valence-corrected chi connectivity index (χ2v) is 5.78. The van der Waals surface area contributed by atoms with E-state index in [-0.39, 0.29) is 5.91 Å². The molecule has 1 aromatic rings. The Bertz CT molecular complexity index is 598. The number of rotatable bonds is 3. The van der Waals surface area contributed by atoms with Gasteiger partial charge in [-0.05, 0) is 42.5 Å². The van der Waals surface area contributed by atoms with Crippen molar-refractivity contribution in [3.63, 3.8) is 0 Å². The predicted molar refractivity (Wildman–Crippen MR) is 80.7 cm³/mol. The molecule has 1 unspecified atom stereocenters. The Morgan fingerprint density at radius 1 is 1.30 bits per heavy atom. The summed E-state index contributed by atoms with van der Waals surface area (Å²) in [7, 11) is 0. The number of benzene rings is 1. The molecule has 2 amide bonds. The van der Waals surface area contributed by atoms with Crippen molar-refractivity contribution in [1.29, 1.82) is 0 Å². The van der Waals surface area contributed by atoms with Crippen molar-refractivity contribution in [2.24, 2.45) is 0 Å². The number of amides is 2. The molecule has 0 aliphatic carbocycles. The largest absolute Gasteiger partial charge is 0.465 e. The summed E-state index contributed by atoms with van der Waals surface area (Å²) in [5.41, 5.74) is 4.81. The minimum absolute atomic E-state index is 0.304. The topological polar surface area (TPSA) is 88.1 Å². The molecule has 3 rings (SSSR count). The van der Waals surface area contributed by atoms with Gasteiger partial charge in [0.25, 0.3) is 5.91 Å². The van der Waals surface area contributed by atoms with Crippen molar-refractivity contribution in [1.82, 2.24) is 10.4 Å². The highest BCUT2D eigenvalue weighted by Gasteiger charge is 2.21. The predicted octanol–water partition coefficient (Wildman–Crippen LogP) is 1.91. The molecule has 23 heavy (non-hydrogen) atoms. The van der Waals surface area contributed by atoms with Gasteiger partial charge in [0.15, 0.2) is 6.29 Å². The molecule has 0 radical (unpaired) electrons. The molecule has 0 saturated carbocycles. The first-order valence-corrected chi connectivity index (χ1v) is 7.81. The van der Waals surface area contributed by atoms with Crippen molar-refractivity contribution >= 4 is 12.0 Å².